The Bertz CT molecular complexity index is 8450. The molecule has 0 aliphatic heterocycles. The number of hydrogen-bond donors (Lipinski definition) is 0. The number of para-hydroxylation sites is 10. The van der Waals surface area contributed by atoms with Crippen molar-refractivity contribution in [1.82, 2.24) is 27.8 Å². The number of fused-ring (bicyclic) bond motifs is 15. The SMILES string of the molecule is c1cc(-c2ccc(N(c3ccc(-c4cccc(-n5c6ccccc6c6ccccc65)c4)cc3)c3ccc(-c4cccc(-n5c6ccccc6c6ccccc65)c4)cc3)cc2)cc(-n2c3ccccc3c3ccccc32)c1.c1ccc(-c2cc(-c3cccc(-c4cccc(-n5c6ccccc6c6ccccc65)c4)c3)nc(-c3cccc(-c4cccc(-n5c6ccccc6c6ccccc65)c4)c3)c2)cc1. The molecule has 0 N–H and O–H groups in total. The van der Waals surface area contributed by atoms with Gasteiger partial charge in [0.15, 0.2) is 0 Å². The van der Waals surface area contributed by atoms with E-state index in [0.717, 1.165) is 135 Å². The summed E-state index contributed by atoms with van der Waals surface area (Å²) in [5, 5.41) is 12.6. The van der Waals surface area contributed by atoms with Gasteiger partial charge in [-0.15, -0.1) is 0 Å². The Balaban J connectivity index is 0.000000146. The Kier molecular flexibility index (Phi) is 19.8. The fourth-order valence-electron chi connectivity index (χ4n) is 21.3. The van der Waals surface area contributed by atoms with Crippen LogP contribution in [0.2, 0.25) is 0 Å². The largest absolute Gasteiger partial charge is 0.311 e. The molecule has 0 saturated heterocycles. The van der Waals surface area contributed by atoms with Crippen LogP contribution >= 0.6 is 0 Å². The van der Waals surface area contributed by atoms with E-state index in [0.29, 0.717) is 0 Å². The van der Waals surface area contributed by atoms with E-state index >= 15 is 0 Å². The smallest absolute Gasteiger partial charge is 0.0715 e. The number of hydrogen-bond acceptors (Lipinski definition) is 2. The molecule has 0 spiro atoms. The summed E-state index contributed by atoms with van der Waals surface area (Å²) in [4.78, 5) is 7.78. The predicted octanol–water partition coefficient (Wildman–Crippen LogP) is 35.1. The van der Waals surface area contributed by atoms with Gasteiger partial charge in [-0.25, -0.2) is 4.98 Å². The van der Waals surface area contributed by atoms with Crippen LogP contribution in [-0.4, -0.2) is 27.8 Å². The molecule has 0 saturated carbocycles. The summed E-state index contributed by atoms with van der Waals surface area (Å²) in [7, 11) is 0. The maximum absolute atomic E-state index is 5.41. The second-order valence-corrected chi connectivity index (χ2v) is 35.7. The number of pyridine rings is 1. The molecule has 646 valence electrons. The monoisotopic (exact) mass is 1760 g/mol. The maximum atomic E-state index is 5.41. The summed E-state index contributed by atoms with van der Waals surface area (Å²) >= 11 is 0. The minimum Gasteiger partial charge on any atom is -0.311 e. The second kappa shape index (κ2) is 34.0. The Morgan fingerprint density at radius 3 is 0.529 bits per heavy atom. The highest BCUT2D eigenvalue weighted by molar-refractivity contribution is 6.14. The first-order chi connectivity index (χ1) is 68.4. The van der Waals surface area contributed by atoms with Gasteiger partial charge in [-0.2, -0.15) is 0 Å². The minimum absolute atomic E-state index is 0.931. The third kappa shape index (κ3) is 14.2. The van der Waals surface area contributed by atoms with Crippen molar-refractivity contribution < 1.29 is 0 Å². The number of anilines is 3. The lowest BCUT2D eigenvalue weighted by molar-refractivity contribution is 1.18. The molecular formula is C131H87N7. The molecule has 7 nitrogen and oxygen atoms in total. The van der Waals surface area contributed by atoms with Gasteiger partial charge in [0.25, 0.3) is 0 Å². The Hall–Kier alpha value is -18.4. The molecule has 0 unspecified atom stereocenters. The van der Waals surface area contributed by atoms with Gasteiger partial charge < -0.3 is 27.7 Å². The van der Waals surface area contributed by atoms with E-state index in [1.807, 2.05) is 0 Å². The van der Waals surface area contributed by atoms with Crippen LogP contribution in [0.25, 0.3) is 227 Å². The normalized spacial score (nSPS) is 11.6. The van der Waals surface area contributed by atoms with Crippen LogP contribution in [0.5, 0.6) is 0 Å². The predicted molar refractivity (Wildman–Crippen MR) is 581 cm³/mol. The van der Waals surface area contributed by atoms with Crippen LogP contribution in [0, 0.1) is 0 Å². The average molecular weight is 1760 g/mol. The first-order valence-corrected chi connectivity index (χ1v) is 47.3. The molecule has 0 aliphatic carbocycles. The molecule has 0 radical (unpaired) electrons. The maximum Gasteiger partial charge on any atom is 0.0715 e. The van der Waals surface area contributed by atoms with Crippen molar-refractivity contribution in [3.63, 3.8) is 0 Å². The molecule has 0 aliphatic rings. The summed E-state index contributed by atoms with van der Waals surface area (Å²) in [6, 6.07) is 191. The number of rotatable bonds is 16. The fourth-order valence-corrected chi connectivity index (χ4v) is 21.3. The van der Waals surface area contributed by atoms with Gasteiger partial charge in [0.1, 0.15) is 0 Å². The summed E-state index contributed by atoms with van der Waals surface area (Å²) in [5.41, 5.74) is 38.8. The summed E-state index contributed by atoms with van der Waals surface area (Å²) in [6.07, 6.45) is 0. The summed E-state index contributed by atoms with van der Waals surface area (Å²) in [5.74, 6) is 0. The van der Waals surface area contributed by atoms with Crippen molar-refractivity contribution in [3.8, 4) is 118 Å². The number of aromatic nitrogens is 6. The van der Waals surface area contributed by atoms with Crippen molar-refractivity contribution in [2.75, 3.05) is 4.90 Å². The second-order valence-electron chi connectivity index (χ2n) is 35.7. The molecule has 138 heavy (non-hydrogen) atoms. The van der Waals surface area contributed by atoms with E-state index in [1.165, 1.54) is 109 Å². The minimum atomic E-state index is 0.931. The highest BCUT2D eigenvalue weighted by Crippen LogP contribution is 2.45. The van der Waals surface area contributed by atoms with Gasteiger partial charge >= 0.3 is 0 Å². The van der Waals surface area contributed by atoms with Crippen molar-refractivity contribution in [2.45, 2.75) is 0 Å². The number of nitrogens with zero attached hydrogens (tertiary/aromatic N) is 7. The van der Waals surface area contributed by atoms with E-state index < -0.39 is 0 Å². The molecule has 21 aromatic carbocycles. The van der Waals surface area contributed by atoms with Crippen LogP contribution in [0.3, 0.4) is 0 Å². The van der Waals surface area contributed by atoms with Gasteiger partial charge in [0, 0.05) is 110 Å². The molecule has 27 rings (SSSR count). The van der Waals surface area contributed by atoms with Crippen molar-refractivity contribution in [2.24, 2.45) is 0 Å². The molecule has 0 fully saturated rings. The molecule has 6 aromatic heterocycles. The fraction of sp³-hybridized carbons (Fsp3) is 0. The lowest BCUT2D eigenvalue weighted by atomic mass is 9.96. The van der Waals surface area contributed by atoms with Crippen molar-refractivity contribution in [1.29, 1.82) is 0 Å². The molecule has 7 heteroatoms. The topological polar surface area (TPSA) is 40.8 Å². The number of benzene rings is 21. The molecule has 6 heterocycles. The van der Waals surface area contributed by atoms with E-state index in [-0.39, 0.29) is 0 Å². The zero-order valence-electron chi connectivity index (χ0n) is 75.4. The van der Waals surface area contributed by atoms with Gasteiger partial charge in [-0.1, -0.05) is 346 Å². The van der Waals surface area contributed by atoms with Gasteiger partial charge in [-0.3, -0.25) is 0 Å². The lowest BCUT2D eigenvalue weighted by Crippen LogP contribution is -2.09. The highest BCUT2D eigenvalue weighted by atomic mass is 15.1. The molecule has 0 amide bonds. The van der Waals surface area contributed by atoms with E-state index in [9.17, 15) is 0 Å². The standard InChI is InChI=1S/C72H48N4.C59H39N3/c1-7-28-67-61(22-1)62-23-2-8-29-68(62)74(67)58-19-13-16-52(46-58)49-34-40-55(41-35-49)73(56-42-36-50(37-43-56)53-17-14-20-59(47-53)75-69-30-9-3-24-63(69)64-25-4-10-31-70(64)75)57-44-38-51(39-45-57)54-18-15-21-60(48-54)76-71-32-11-5-26-65(71)66-27-6-12-33-72(66)76;1-2-16-40(17-3-1)47-38-54(45-22-12-18-41(34-45)43-20-14-24-48(36-43)61-56-30-8-4-26-50(56)51-27-5-9-31-57(51)61)60-55(39-47)46-23-13-19-42(35-46)44-21-15-25-49(37-44)62-58-32-10-6-28-52(58)53-29-7-11-33-59(53)62/h1-48H;1-39H. The van der Waals surface area contributed by atoms with Crippen LogP contribution < -0.4 is 4.90 Å². The highest BCUT2D eigenvalue weighted by Gasteiger charge is 2.23. The zero-order valence-corrected chi connectivity index (χ0v) is 75.4. The van der Waals surface area contributed by atoms with Gasteiger partial charge in [0.05, 0.1) is 66.6 Å². The van der Waals surface area contributed by atoms with Crippen LogP contribution in [0.4, 0.5) is 17.1 Å². The van der Waals surface area contributed by atoms with Crippen LogP contribution in [0.1, 0.15) is 0 Å². The van der Waals surface area contributed by atoms with Gasteiger partial charge in [-0.05, 0) is 249 Å². The van der Waals surface area contributed by atoms with E-state index in [1.54, 1.807) is 0 Å². The van der Waals surface area contributed by atoms with Crippen LogP contribution in [-0.2, 0) is 0 Å². The molecule has 27 aromatic rings. The first kappa shape index (κ1) is 80.4. The third-order valence-corrected chi connectivity index (χ3v) is 27.7. The molecule has 0 atom stereocenters. The first-order valence-electron chi connectivity index (χ1n) is 47.3. The lowest BCUT2D eigenvalue weighted by Gasteiger charge is -2.26. The summed E-state index contributed by atoms with van der Waals surface area (Å²) in [6.45, 7) is 0. The van der Waals surface area contributed by atoms with E-state index in [4.69, 9.17) is 4.98 Å². The molecular weight excluding hydrogens is 1670 g/mol. The Morgan fingerprint density at radius 2 is 0.297 bits per heavy atom. The zero-order chi connectivity index (χ0) is 91.1. The third-order valence-electron chi connectivity index (χ3n) is 27.7. The van der Waals surface area contributed by atoms with Crippen LogP contribution in [0.15, 0.2) is 528 Å². The summed E-state index contributed by atoms with van der Waals surface area (Å²) < 4.78 is 11.9. The average Bonchev–Trinajstić information content (AvgIpc) is 1.60. The quantitative estimate of drug-likeness (QED) is 0.0967. The van der Waals surface area contributed by atoms with Gasteiger partial charge in [0.2, 0.25) is 0 Å². The van der Waals surface area contributed by atoms with E-state index in [2.05, 4.69) is 556 Å². The Labute approximate surface area is 798 Å². The molecule has 0 bridgehead atoms. The Morgan fingerprint density at radius 1 is 0.123 bits per heavy atom. The van der Waals surface area contributed by atoms with Crippen molar-refractivity contribution in [3.05, 3.63) is 528 Å². The van der Waals surface area contributed by atoms with Crippen molar-refractivity contribution >= 4 is 126 Å².